The summed E-state index contributed by atoms with van der Waals surface area (Å²) in [6.07, 6.45) is 0. The van der Waals surface area contributed by atoms with Crippen molar-refractivity contribution in [3.8, 4) is 11.5 Å². The number of hydrogen-bond acceptors (Lipinski definition) is 4. The summed E-state index contributed by atoms with van der Waals surface area (Å²) in [5.74, 6) is -1.09. The number of amides is 2. The molecule has 0 saturated heterocycles. The fourth-order valence-corrected chi connectivity index (χ4v) is 1.66. The van der Waals surface area contributed by atoms with E-state index in [2.05, 4.69) is 10.6 Å². The number of benzene rings is 2. The maximum atomic E-state index is 11.8. The van der Waals surface area contributed by atoms with Gasteiger partial charge in [0.05, 0.1) is 12.8 Å². The number of ether oxygens (including phenoxy) is 1. The van der Waals surface area contributed by atoms with E-state index in [9.17, 15) is 9.59 Å². The Morgan fingerprint density at radius 2 is 1.57 bits per heavy atom. The van der Waals surface area contributed by atoms with Gasteiger partial charge in [0, 0.05) is 5.69 Å². The number of para-hydroxylation sites is 2. The smallest absolute Gasteiger partial charge is 0.314 e. The predicted octanol–water partition coefficient (Wildman–Crippen LogP) is 1.98. The highest BCUT2D eigenvalue weighted by Gasteiger charge is 2.15. The van der Waals surface area contributed by atoms with Crippen molar-refractivity contribution in [2.24, 2.45) is 0 Å². The molecule has 6 nitrogen and oxygen atoms in total. The Morgan fingerprint density at radius 1 is 0.952 bits per heavy atom. The van der Waals surface area contributed by atoms with Crippen LogP contribution < -0.4 is 15.4 Å². The molecular formula is C15H14N2O4. The van der Waals surface area contributed by atoms with Crippen molar-refractivity contribution in [2.75, 3.05) is 17.7 Å². The fraction of sp³-hybridized carbons (Fsp3) is 0.0667. The molecule has 21 heavy (non-hydrogen) atoms. The van der Waals surface area contributed by atoms with Crippen molar-refractivity contribution in [3.05, 3.63) is 48.5 Å². The topological polar surface area (TPSA) is 87.7 Å². The first-order valence-electron chi connectivity index (χ1n) is 6.14. The lowest BCUT2D eigenvalue weighted by Gasteiger charge is -2.09. The van der Waals surface area contributed by atoms with Crippen molar-refractivity contribution in [2.45, 2.75) is 0 Å². The molecule has 0 unspecified atom stereocenters. The summed E-state index contributed by atoms with van der Waals surface area (Å²) in [5.41, 5.74) is 0.818. The summed E-state index contributed by atoms with van der Waals surface area (Å²) in [4.78, 5) is 23.6. The molecule has 0 aliphatic carbocycles. The normalized spacial score (nSPS) is 9.76. The number of phenolic OH excluding ortho intramolecular Hbond substituents is 1. The van der Waals surface area contributed by atoms with Crippen LogP contribution in [0.4, 0.5) is 11.4 Å². The highest BCUT2D eigenvalue weighted by atomic mass is 16.5. The monoisotopic (exact) mass is 286 g/mol. The standard InChI is InChI=1S/C15H14N2O4/c1-21-13-5-3-2-4-12(13)17-15(20)14(19)16-10-6-8-11(18)9-7-10/h2-9,18H,1H3,(H,16,19)(H,17,20). The number of carbonyl (C=O) groups is 2. The van der Waals surface area contributed by atoms with E-state index in [0.717, 1.165) is 0 Å². The number of phenols is 1. The zero-order valence-corrected chi connectivity index (χ0v) is 11.3. The second-order valence-electron chi connectivity index (χ2n) is 4.16. The average molecular weight is 286 g/mol. The van der Waals surface area contributed by atoms with E-state index in [0.29, 0.717) is 17.1 Å². The van der Waals surface area contributed by atoms with E-state index in [1.807, 2.05) is 0 Å². The lowest BCUT2D eigenvalue weighted by Crippen LogP contribution is -2.29. The largest absolute Gasteiger partial charge is 0.508 e. The van der Waals surface area contributed by atoms with Crippen LogP contribution in [0.3, 0.4) is 0 Å². The van der Waals surface area contributed by atoms with Gasteiger partial charge in [0.1, 0.15) is 11.5 Å². The maximum absolute atomic E-state index is 11.8. The molecule has 0 heterocycles. The Morgan fingerprint density at radius 3 is 2.24 bits per heavy atom. The van der Waals surface area contributed by atoms with E-state index in [1.54, 1.807) is 24.3 Å². The summed E-state index contributed by atoms with van der Waals surface area (Å²) in [6, 6.07) is 12.6. The summed E-state index contributed by atoms with van der Waals surface area (Å²) in [7, 11) is 1.47. The van der Waals surface area contributed by atoms with Crippen molar-refractivity contribution in [3.63, 3.8) is 0 Å². The minimum Gasteiger partial charge on any atom is -0.508 e. The predicted molar refractivity (Wildman–Crippen MR) is 78.4 cm³/mol. The van der Waals surface area contributed by atoms with Crippen LogP contribution in [-0.4, -0.2) is 24.0 Å². The van der Waals surface area contributed by atoms with Crippen LogP contribution in [0, 0.1) is 0 Å². The maximum Gasteiger partial charge on any atom is 0.314 e. The highest BCUT2D eigenvalue weighted by Crippen LogP contribution is 2.23. The third kappa shape index (κ3) is 3.73. The Balaban J connectivity index is 2.02. The lowest BCUT2D eigenvalue weighted by molar-refractivity contribution is -0.133. The Hall–Kier alpha value is -3.02. The first kappa shape index (κ1) is 14.4. The van der Waals surface area contributed by atoms with E-state index >= 15 is 0 Å². The van der Waals surface area contributed by atoms with Crippen molar-refractivity contribution in [1.82, 2.24) is 0 Å². The number of aromatic hydroxyl groups is 1. The van der Waals surface area contributed by atoms with Gasteiger partial charge in [0.25, 0.3) is 0 Å². The molecule has 108 valence electrons. The second-order valence-corrected chi connectivity index (χ2v) is 4.16. The molecule has 0 fully saturated rings. The SMILES string of the molecule is COc1ccccc1NC(=O)C(=O)Nc1ccc(O)cc1. The van der Waals surface area contributed by atoms with Crippen molar-refractivity contribution < 1.29 is 19.4 Å². The summed E-state index contributed by atoms with van der Waals surface area (Å²) >= 11 is 0. The Kier molecular flexibility index (Phi) is 4.40. The number of carbonyl (C=O) groups excluding carboxylic acids is 2. The number of hydrogen-bond donors (Lipinski definition) is 3. The molecule has 0 spiro atoms. The molecule has 2 rings (SSSR count). The molecule has 0 radical (unpaired) electrons. The van der Waals surface area contributed by atoms with E-state index < -0.39 is 11.8 Å². The van der Waals surface area contributed by atoms with Gasteiger partial charge >= 0.3 is 11.8 Å². The van der Waals surface area contributed by atoms with Gasteiger partial charge in [-0.15, -0.1) is 0 Å². The van der Waals surface area contributed by atoms with Crippen LogP contribution in [0.2, 0.25) is 0 Å². The quantitative estimate of drug-likeness (QED) is 0.594. The first-order chi connectivity index (χ1) is 10.1. The fourth-order valence-electron chi connectivity index (χ4n) is 1.66. The molecule has 0 saturated carbocycles. The molecule has 0 aliphatic heterocycles. The van der Waals surface area contributed by atoms with Crippen LogP contribution in [-0.2, 0) is 9.59 Å². The Labute approximate surface area is 121 Å². The molecule has 0 aliphatic rings. The van der Waals surface area contributed by atoms with Crippen LogP contribution in [0.1, 0.15) is 0 Å². The Bertz CT molecular complexity index is 653. The first-order valence-corrected chi connectivity index (χ1v) is 6.14. The summed E-state index contributed by atoms with van der Waals surface area (Å²) in [5, 5.41) is 14.0. The van der Waals surface area contributed by atoms with Gasteiger partial charge in [-0.3, -0.25) is 9.59 Å². The number of anilines is 2. The van der Waals surface area contributed by atoms with E-state index in [4.69, 9.17) is 9.84 Å². The molecule has 2 aromatic carbocycles. The van der Waals surface area contributed by atoms with Gasteiger partial charge < -0.3 is 20.5 Å². The molecule has 6 heteroatoms. The van der Waals surface area contributed by atoms with Gasteiger partial charge in [-0.05, 0) is 36.4 Å². The molecule has 0 atom stereocenters. The summed E-state index contributed by atoms with van der Waals surface area (Å²) in [6.45, 7) is 0. The molecule has 2 aromatic rings. The zero-order chi connectivity index (χ0) is 15.2. The minimum atomic E-state index is -0.813. The van der Waals surface area contributed by atoms with Gasteiger partial charge in [0.2, 0.25) is 0 Å². The summed E-state index contributed by atoms with van der Waals surface area (Å²) < 4.78 is 5.08. The minimum absolute atomic E-state index is 0.0754. The zero-order valence-electron chi connectivity index (χ0n) is 11.3. The van der Waals surface area contributed by atoms with Gasteiger partial charge in [-0.1, -0.05) is 12.1 Å². The van der Waals surface area contributed by atoms with Gasteiger partial charge in [0.15, 0.2) is 0 Å². The third-order valence-corrected chi connectivity index (χ3v) is 2.69. The van der Waals surface area contributed by atoms with Gasteiger partial charge in [-0.2, -0.15) is 0 Å². The van der Waals surface area contributed by atoms with Crippen molar-refractivity contribution >= 4 is 23.2 Å². The highest BCUT2D eigenvalue weighted by molar-refractivity contribution is 6.43. The lowest BCUT2D eigenvalue weighted by atomic mass is 10.3. The third-order valence-electron chi connectivity index (χ3n) is 2.69. The van der Waals surface area contributed by atoms with Crippen LogP contribution in [0.25, 0.3) is 0 Å². The van der Waals surface area contributed by atoms with E-state index in [1.165, 1.54) is 31.4 Å². The van der Waals surface area contributed by atoms with Crippen LogP contribution >= 0.6 is 0 Å². The average Bonchev–Trinajstić information content (AvgIpc) is 2.50. The molecule has 0 aromatic heterocycles. The second kappa shape index (κ2) is 6.42. The molecule has 3 N–H and O–H groups in total. The number of methoxy groups -OCH3 is 1. The van der Waals surface area contributed by atoms with Crippen molar-refractivity contribution in [1.29, 1.82) is 0 Å². The molecular weight excluding hydrogens is 272 g/mol. The number of rotatable bonds is 3. The van der Waals surface area contributed by atoms with E-state index in [-0.39, 0.29) is 5.75 Å². The molecule has 2 amide bonds. The molecule has 0 bridgehead atoms. The number of nitrogens with one attached hydrogen (secondary N) is 2. The van der Waals surface area contributed by atoms with Crippen LogP contribution in [0.5, 0.6) is 11.5 Å². The van der Waals surface area contributed by atoms with Crippen LogP contribution in [0.15, 0.2) is 48.5 Å². The van der Waals surface area contributed by atoms with Gasteiger partial charge in [-0.25, -0.2) is 0 Å².